The summed E-state index contributed by atoms with van der Waals surface area (Å²) in [6.45, 7) is 1.27. The van der Waals surface area contributed by atoms with Gasteiger partial charge in [0, 0.05) is 23.7 Å². The van der Waals surface area contributed by atoms with Gasteiger partial charge in [-0.25, -0.2) is 0 Å². The summed E-state index contributed by atoms with van der Waals surface area (Å²) >= 11 is 5.83. The number of hydrogen-bond acceptors (Lipinski definition) is 3. The number of para-hydroxylation sites is 1. The van der Waals surface area contributed by atoms with Crippen molar-refractivity contribution >= 4 is 29.1 Å². The minimum absolute atomic E-state index is 0.219. The maximum Gasteiger partial charge on any atom is 0.255 e. The molecule has 2 aromatic carbocycles. The average molecular weight is 346 g/mol. The summed E-state index contributed by atoms with van der Waals surface area (Å²) in [4.78, 5) is 26.6. The van der Waals surface area contributed by atoms with Crippen molar-refractivity contribution in [1.82, 2.24) is 10.2 Å². The topological polar surface area (TPSA) is 61.4 Å². The number of anilines is 1. The summed E-state index contributed by atoms with van der Waals surface area (Å²) in [6, 6.07) is 13.5. The van der Waals surface area contributed by atoms with Crippen LogP contribution in [0.25, 0.3) is 0 Å². The molecule has 0 aliphatic carbocycles. The lowest BCUT2D eigenvalue weighted by molar-refractivity contribution is 0.0952. The van der Waals surface area contributed by atoms with Crippen LogP contribution in [0.5, 0.6) is 0 Å². The van der Waals surface area contributed by atoms with Gasteiger partial charge in [-0.1, -0.05) is 23.7 Å². The lowest BCUT2D eigenvalue weighted by Crippen LogP contribution is -2.32. The van der Waals surface area contributed by atoms with Gasteiger partial charge in [0.2, 0.25) is 0 Å². The van der Waals surface area contributed by atoms with Crippen LogP contribution in [0, 0.1) is 0 Å². The molecule has 126 valence electrons. The molecule has 2 rings (SSSR count). The van der Waals surface area contributed by atoms with Gasteiger partial charge in [-0.2, -0.15) is 0 Å². The third-order valence-electron chi connectivity index (χ3n) is 3.37. The van der Waals surface area contributed by atoms with Crippen LogP contribution in [0.1, 0.15) is 20.7 Å². The van der Waals surface area contributed by atoms with Crippen LogP contribution in [0.2, 0.25) is 5.02 Å². The third kappa shape index (κ3) is 5.08. The third-order valence-corrected chi connectivity index (χ3v) is 3.62. The molecule has 0 saturated carbocycles. The minimum atomic E-state index is -0.291. The molecule has 0 aliphatic rings. The predicted molar refractivity (Wildman–Crippen MR) is 96.7 cm³/mol. The Morgan fingerprint density at radius 1 is 1.00 bits per heavy atom. The zero-order valence-electron chi connectivity index (χ0n) is 13.7. The van der Waals surface area contributed by atoms with Crippen molar-refractivity contribution in [1.29, 1.82) is 0 Å². The molecule has 0 aliphatic heterocycles. The summed E-state index contributed by atoms with van der Waals surface area (Å²) in [5.41, 5.74) is 1.38. The number of halogens is 1. The molecule has 0 aromatic heterocycles. The zero-order chi connectivity index (χ0) is 17.5. The Hall–Kier alpha value is -2.37. The number of likely N-dealkylation sites (N-methyl/N-ethyl adjacent to an activating group) is 1. The van der Waals surface area contributed by atoms with Crippen molar-refractivity contribution in [2.75, 3.05) is 32.5 Å². The highest BCUT2D eigenvalue weighted by Crippen LogP contribution is 2.17. The number of hydrogen-bond donors (Lipinski definition) is 2. The number of nitrogens with one attached hydrogen (secondary N) is 2. The second-order valence-electron chi connectivity index (χ2n) is 5.57. The van der Waals surface area contributed by atoms with Crippen LogP contribution in [-0.2, 0) is 0 Å². The smallest absolute Gasteiger partial charge is 0.255 e. The summed E-state index contributed by atoms with van der Waals surface area (Å²) < 4.78 is 0. The lowest BCUT2D eigenvalue weighted by atomic mass is 10.1. The summed E-state index contributed by atoms with van der Waals surface area (Å²) in [7, 11) is 3.87. The highest BCUT2D eigenvalue weighted by Gasteiger charge is 2.13. The van der Waals surface area contributed by atoms with Gasteiger partial charge in [-0.3, -0.25) is 9.59 Å². The van der Waals surface area contributed by atoms with Gasteiger partial charge in [0.15, 0.2) is 0 Å². The molecule has 0 saturated heterocycles. The molecule has 0 atom stereocenters. The molecule has 0 bridgehead atoms. The summed E-state index contributed by atoms with van der Waals surface area (Å²) in [5.74, 6) is -0.510. The van der Waals surface area contributed by atoms with E-state index in [4.69, 9.17) is 11.6 Å². The largest absolute Gasteiger partial charge is 0.351 e. The van der Waals surface area contributed by atoms with Crippen LogP contribution < -0.4 is 10.6 Å². The second kappa shape index (κ2) is 8.47. The first-order chi connectivity index (χ1) is 11.5. The number of nitrogens with zero attached hydrogens (tertiary/aromatic N) is 1. The first-order valence-electron chi connectivity index (χ1n) is 7.56. The van der Waals surface area contributed by atoms with Crippen molar-refractivity contribution in [3.8, 4) is 0 Å². The van der Waals surface area contributed by atoms with E-state index in [0.717, 1.165) is 6.54 Å². The SMILES string of the molecule is CN(C)CCNC(=O)c1ccccc1NC(=O)c1ccc(Cl)cc1. The van der Waals surface area contributed by atoms with Crippen molar-refractivity contribution in [2.24, 2.45) is 0 Å². The molecule has 2 aromatic rings. The highest BCUT2D eigenvalue weighted by atomic mass is 35.5. The Morgan fingerprint density at radius 3 is 2.33 bits per heavy atom. The molecule has 2 amide bonds. The Balaban J connectivity index is 2.09. The maximum absolute atomic E-state index is 12.3. The first kappa shape index (κ1) is 18.0. The Morgan fingerprint density at radius 2 is 1.67 bits per heavy atom. The fourth-order valence-corrected chi connectivity index (χ4v) is 2.20. The van der Waals surface area contributed by atoms with Crippen LogP contribution in [0.15, 0.2) is 48.5 Å². The molecule has 0 spiro atoms. The first-order valence-corrected chi connectivity index (χ1v) is 7.94. The van der Waals surface area contributed by atoms with Gasteiger partial charge < -0.3 is 15.5 Å². The molecule has 0 heterocycles. The molecule has 24 heavy (non-hydrogen) atoms. The van der Waals surface area contributed by atoms with Crippen LogP contribution in [0.3, 0.4) is 0 Å². The lowest BCUT2D eigenvalue weighted by Gasteiger charge is -2.13. The molecular formula is C18H20ClN3O2. The molecule has 0 radical (unpaired) electrons. The Labute approximate surface area is 146 Å². The Bertz CT molecular complexity index is 714. The molecule has 0 fully saturated rings. The zero-order valence-corrected chi connectivity index (χ0v) is 14.4. The van der Waals surface area contributed by atoms with E-state index < -0.39 is 0 Å². The monoisotopic (exact) mass is 345 g/mol. The van der Waals surface area contributed by atoms with Crippen LogP contribution >= 0.6 is 11.6 Å². The van der Waals surface area contributed by atoms with Crippen molar-refractivity contribution in [3.05, 3.63) is 64.7 Å². The Kier molecular flexibility index (Phi) is 6.35. The molecule has 5 nitrogen and oxygen atoms in total. The van der Waals surface area contributed by atoms with Gasteiger partial charge in [0.1, 0.15) is 0 Å². The van der Waals surface area contributed by atoms with E-state index in [9.17, 15) is 9.59 Å². The summed E-state index contributed by atoms with van der Waals surface area (Å²) in [6.07, 6.45) is 0. The predicted octanol–water partition coefficient (Wildman–Crippen LogP) is 2.88. The van der Waals surface area contributed by atoms with E-state index in [1.165, 1.54) is 0 Å². The van der Waals surface area contributed by atoms with Gasteiger partial charge in [0.25, 0.3) is 11.8 Å². The minimum Gasteiger partial charge on any atom is -0.351 e. The maximum atomic E-state index is 12.3. The van der Waals surface area contributed by atoms with E-state index in [0.29, 0.717) is 28.4 Å². The summed E-state index contributed by atoms with van der Waals surface area (Å²) in [5, 5.41) is 6.18. The average Bonchev–Trinajstić information content (AvgIpc) is 2.55. The van der Waals surface area contributed by atoms with E-state index >= 15 is 0 Å². The fraction of sp³-hybridized carbons (Fsp3) is 0.222. The number of carbonyl (C=O) groups excluding carboxylic acids is 2. The van der Waals surface area contributed by atoms with Crippen molar-refractivity contribution < 1.29 is 9.59 Å². The van der Waals surface area contributed by atoms with Gasteiger partial charge >= 0.3 is 0 Å². The second-order valence-corrected chi connectivity index (χ2v) is 6.00. The van der Waals surface area contributed by atoms with Gasteiger partial charge in [-0.15, -0.1) is 0 Å². The molecule has 6 heteroatoms. The molecular weight excluding hydrogens is 326 g/mol. The standard InChI is InChI=1S/C18H20ClN3O2/c1-22(2)12-11-20-18(24)15-5-3-4-6-16(15)21-17(23)13-7-9-14(19)10-8-13/h3-10H,11-12H2,1-2H3,(H,20,24)(H,21,23). The van der Waals surface area contributed by atoms with E-state index in [1.807, 2.05) is 19.0 Å². The van der Waals surface area contributed by atoms with Crippen molar-refractivity contribution in [3.63, 3.8) is 0 Å². The van der Waals surface area contributed by atoms with E-state index in [1.54, 1.807) is 48.5 Å². The highest BCUT2D eigenvalue weighted by molar-refractivity contribution is 6.30. The normalized spacial score (nSPS) is 10.5. The fourth-order valence-electron chi connectivity index (χ4n) is 2.07. The van der Waals surface area contributed by atoms with E-state index in [-0.39, 0.29) is 11.8 Å². The van der Waals surface area contributed by atoms with Gasteiger partial charge in [-0.05, 0) is 50.5 Å². The quantitative estimate of drug-likeness (QED) is 0.846. The number of benzene rings is 2. The van der Waals surface area contributed by atoms with Crippen LogP contribution in [-0.4, -0.2) is 43.9 Å². The molecule has 2 N–H and O–H groups in total. The molecule has 0 unspecified atom stereocenters. The number of amides is 2. The van der Waals surface area contributed by atoms with Crippen LogP contribution in [0.4, 0.5) is 5.69 Å². The van der Waals surface area contributed by atoms with E-state index in [2.05, 4.69) is 10.6 Å². The number of carbonyl (C=O) groups is 2. The van der Waals surface area contributed by atoms with Crippen molar-refractivity contribution in [2.45, 2.75) is 0 Å². The number of rotatable bonds is 6. The van der Waals surface area contributed by atoms with Gasteiger partial charge in [0.05, 0.1) is 11.3 Å².